The van der Waals surface area contributed by atoms with E-state index in [0.717, 1.165) is 42.1 Å². The smallest absolute Gasteiger partial charge is 0.256 e. The Bertz CT molecular complexity index is 1480. The van der Waals surface area contributed by atoms with E-state index in [1.54, 1.807) is 14.1 Å². The predicted octanol–water partition coefficient (Wildman–Crippen LogP) is 3.83. The zero-order valence-electron chi connectivity index (χ0n) is 21.9. The molecule has 0 spiro atoms. The van der Waals surface area contributed by atoms with Gasteiger partial charge in [-0.25, -0.2) is 8.42 Å². The van der Waals surface area contributed by atoms with Gasteiger partial charge in [0.05, 0.1) is 10.5 Å². The number of anilines is 1. The molecule has 5 rings (SSSR count). The number of nitrogens with zero attached hydrogens (tertiary/aromatic N) is 3. The van der Waals surface area contributed by atoms with Crippen LogP contribution in [0.4, 0.5) is 5.00 Å². The van der Waals surface area contributed by atoms with E-state index >= 15 is 0 Å². The molecule has 2 aliphatic heterocycles. The Morgan fingerprint density at radius 2 is 1.68 bits per heavy atom. The summed E-state index contributed by atoms with van der Waals surface area (Å²) >= 11 is 1.45. The van der Waals surface area contributed by atoms with Gasteiger partial charge >= 0.3 is 0 Å². The fraction of sp³-hybridized carbons (Fsp3) is 0.357. The lowest BCUT2D eigenvalue weighted by molar-refractivity contribution is 0.0827. The number of carbonyl (C=O) groups excluding carboxylic acids is 2. The molecule has 38 heavy (non-hydrogen) atoms. The number of amides is 2. The number of fused-ring (bicyclic) bond motifs is 2. The summed E-state index contributed by atoms with van der Waals surface area (Å²) in [6, 6.07) is 13.9. The van der Waals surface area contributed by atoms with Crippen molar-refractivity contribution in [1.29, 1.82) is 0 Å². The van der Waals surface area contributed by atoms with Gasteiger partial charge in [0.2, 0.25) is 10.0 Å². The molecule has 1 N–H and O–H groups in total. The van der Waals surface area contributed by atoms with Crippen LogP contribution < -0.4 is 5.32 Å². The number of hydrogen-bond donors (Lipinski definition) is 1. The van der Waals surface area contributed by atoms with Crippen LogP contribution in [0.15, 0.2) is 53.4 Å². The summed E-state index contributed by atoms with van der Waals surface area (Å²) < 4.78 is 28.1. The van der Waals surface area contributed by atoms with Crippen molar-refractivity contribution in [3.8, 4) is 0 Å². The second kappa shape index (κ2) is 10.6. The van der Waals surface area contributed by atoms with Gasteiger partial charge in [0, 0.05) is 50.7 Å². The Balaban J connectivity index is 1.36. The van der Waals surface area contributed by atoms with E-state index < -0.39 is 10.0 Å². The molecule has 8 nitrogen and oxygen atoms in total. The molecule has 200 valence electrons. The highest BCUT2D eigenvalue weighted by atomic mass is 32.2. The number of rotatable bonds is 6. The standard InChI is InChI=1S/C28H32N4O4S2/c1-4-31-15-14-23-24(18-31)37-27(25(23)28(34)30(2)3)29-26(33)20-9-11-22(12-10-20)38(35,36)32-16-13-19-7-5-6-8-21(19)17-32/h5-12H,4,13-18H2,1-3H3,(H,29,33). The van der Waals surface area contributed by atoms with Crippen LogP contribution in [0.2, 0.25) is 0 Å². The Morgan fingerprint density at radius 3 is 2.37 bits per heavy atom. The van der Waals surface area contributed by atoms with E-state index in [-0.39, 0.29) is 16.7 Å². The SMILES string of the molecule is CCN1CCc2c(sc(NC(=O)c3ccc(S(=O)(=O)N4CCc5ccccc5C4)cc3)c2C(=O)N(C)C)C1. The topological polar surface area (TPSA) is 90.0 Å². The molecular weight excluding hydrogens is 520 g/mol. The first kappa shape index (κ1) is 26.6. The molecule has 2 amide bonds. The molecule has 0 aliphatic carbocycles. The van der Waals surface area contributed by atoms with Crippen molar-refractivity contribution in [2.24, 2.45) is 0 Å². The van der Waals surface area contributed by atoms with Gasteiger partial charge in [-0.3, -0.25) is 14.5 Å². The zero-order valence-corrected chi connectivity index (χ0v) is 23.5. The summed E-state index contributed by atoms with van der Waals surface area (Å²) in [6.45, 7) is 5.43. The molecule has 0 unspecified atom stereocenters. The van der Waals surface area contributed by atoms with Gasteiger partial charge in [0.1, 0.15) is 5.00 Å². The quantitative estimate of drug-likeness (QED) is 0.502. The fourth-order valence-electron chi connectivity index (χ4n) is 5.04. The van der Waals surface area contributed by atoms with E-state index in [4.69, 9.17) is 0 Å². The van der Waals surface area contributed by atoms with E-state index in [2.05, 4.69) is 17.1 Å². The lowest BCUT2D eigenvalue weighted by Crippen LogP contribution is -2.35. The second-order valence-electron chi connectivity index (χ2n) is 9.86. The monoisotopic (exact) mass is 552 g/mol. The van der Waals surface area contributed by atoms with Crippen molar-refractivity contribution >= 4 is 38.2 Å². The van der Waals surface area contributed by atoms with Gasteiger partial charge in [-0.15, -0.1) is 11.3 Å². The lowest BCUT2D eigenvalue weighted by atomic mass is 10.0. The Labute approximate surface area is 227 Å². The second-order valence-corrected chi connectivity index (χ2v) is 12.9. The van der Waals surface area contributed by atoms with Crippen molar-refractivity contribution in [3.63, 3.8) is 0 Å². The fourth-order valence-corrected chi connectivity index (χ4v) is 7.74. The van der Waals surface area contributed by atoms with Gasteiger partial charge < -0.3 is 10.2 Å². The highest BCUT2D eigenvalue weighted by molar-refractivity contribution is 7.89. The highest BCUT2D eigenvalue weighted by Crippen LogP contribution is 2.38. The number of thiophene rings is 1. The predicted molar refractivity (Wildman–Crippen MR) is 149 cm³/mol. The summed E-state index contributed by atoms with van der Waals surface area (Å²) in [7, 11) is -0.279. The maximum Gasteiger partial charge on any atom is 0.256 e. The van der Waals surface area contributed by atoms with Crippen LogP contribution in [-0.2, 0) is 36.0 Å². The first-order valence-corrected chi connectivity index (χ1v) is 15.0. The molecule has 0 atom stereocenters. The van der Waals surface area contributed by atoms with Crippen LogP contribution in [0, 0.1) is 0 Å². The third-order valence-corrected chi connectivity index (χ3v) is 10.3. The Hall–Kier alpha value is -3.05. The van der Waals surface area contributed by atoms with Gasteiger partial charge in [-0.2, -0.15) is 4.31 Å². The third-order valence-electron chi connectivity index (χ3n) is 7.28. The molecule has 0 radical (unpaired) electrons. The molecule has 3 aromatic rings. The summed E-state index contributed by atoms with van der Waals surface area (Å²) in [5.41, 5.74) is 4.09. The maximum absolute atomic E-state index is 13.3. The Kier molecular flexibility index (Phi) is 7.41. The van der Waals surface area contributed by atoms with Gasteiger partial charge in [-0.05, 0) is 60.3 Å². The van der Waals surface area contributed by atoms with E-state index in [9.17, 15) is 18.0 Å². The summed E-state index contributed by atoms with van der Waals surface area (Å²) in [5, 5.41) is 3.48. The molecule has 0 bridgehead atoms. The first-order valence-electron chi connectivity index (χ1n) is 12.8. The average Bonchev–Trinajstić information content (AvgIpc) is 3.28. The van der Waals surface area contributed by atoms with Crippen LogP contribution in [-0.4, -0.2) is 68.1 Å². The molecule has 10 heteroatoms. The first-order chi connectivity index (χ1) is 18.2. The zero-order chi connectivity index (χ0) is 27.0. The molecule has 2 aliphatic rings. The van der Waals surface area contributed by atoms with Crippen LogP contribution in [0.1, 0.15) is 49.2 Å². The van der Waals surface area contributed by atoms with Crippen molar-refractivity contribution in [3.05, 3.63) is 81.2 Å². The normalized spacial score (nSPS) is 16.0. The van der Waals surface area contributed by atoms with Crippen molar-refractivity contribution in [2.75, 3.05) is 39.0 Å². The van der Waals surface area contributed by atoms with Gasteiger partial charge in [0.25, 0.3) is 11.8 Å². The molecule has 0 saturated heterocycles. The summed E-state index contributed by atoms with van der Waals surface area (Å²) in [4.78, 5) is 31.3. The van der Waals surface area contributed by atoms with E-state index in [1.165, 1.54) is 50.4 Å². The minimum atomic E-state index is -3.69. The molecule has 0 saturated carbocycles. The lowest BCUT2D eigenvalue weighted by Gasteiger charge is -2.28. The summed E-state index contributed by atoms with van der Waals surface area (Å²) in [6.07, 6.45) is 1.43. The highest BCUT2D eigenvalue weighted by Gasteiger charge is 2.30. The van der Waals surface area contributed by atoms with Crippen LogP contribution in [0.5, 0.6) is 0 Å². The minimum absolute atomic E-state index is 0.132. The number of sulfonamides is 1. The van der Waals surface area contributed by atoms with Crippen LogP contribution in [0.25, 0.3) is 0 Å². The van der Waals surface area contributed by atoms with E-state index in [0.29, 0.717) is 35.6 Å². The largest absolute Gasteiger partial charge is 0.345 e. The average molecular weight is 553 g/mol. The van der Waals surface area contributed by atoms with Crippen LogP contribution in [0.3, 0.4) is 0 Å². The Morgan fingerprint density at radius 1 is 0.974 bits per heavy atom. The van der Waals surface area contributed by atoms with Crippen molar-refractivity contribution in [2.45, 2.75) is 37.8 Å². The number of hydrogen-bond acceptors (Lipinski definition) is 6. The van der Waals surface area contributed by atoms with Crippen molar-refractivity contribution in [1.82, 2.24) is 14.1 Å². The summed E-state index contributed by atoms with van der Waals surface area (Å²) in [5.74, 6) is -0.508. The number of benzene rings is 2. The molecule has 1 aromatic heterocycles. The third kappa shape index (κ3) is 5.01. The van der Waals surface area contributed by atoms with Gasteiger partial charge in [0.15, 0.2) is 0 Å². The van der Waals surface area contributed by atoms with Crippen molar-refractivity contribution < 1.29 is 18.0 Å². The van der Waals surface area contributed by atoms with Crippen LogP contribution >= 0.6 is 11.3 Å². The molecule has 0 fully saturated rings. The number of likely N-dealkylation sites (N-methyl/N-ethyl adjacent to an activating group) is 1. The molecule has 2 aromatic carbocycles. The van der Waals surface area contributed by atoms with Gasteiger partial charge in [-0.1, -0.05) is 31.2 Å². The molecule has 3 heterocycles. The maximum atomic E-state index is 13.3. The van der Waals surface area contributed by atoms with E-state index in [1.807, 2.05) is 24.3 Å². The minimum Gasteiger partial charge on any atom is -0.345 e. The molecular formula is C28H32N4O4S2. The number of nitrogens with one attached hydrogen (secondary N) is 1. The number of carbonyl (C=O) groups is 2.